The van der Waals surface area contributed by atoms with Crippen LogP contribution in [0.15, 0.2) is 94.7 Å². The number of pyridine rings is 1. The second kappa shape index (κ2) is 8.32. The second-order valence-electron chi connectivity index (χ2n) is 7.62. The number of halogens is 3. The lowest BCUT2D eigenvalue weighted by Gasteiger charge is -2.26. The van der Waals surface area contributed by atoms with Gasteiger partial charge in [-0.1, -0.05) is 30.3 Å². The van der Waals surface area contributed by atoms with Crippen molar-refractivity contribution in [3.8, 4) is 5.75 Å². The summed E-state index contributed by atoms with van der Waals surface area (Å²) in [4.78, 5) is 31.9. The first-order valence-corrected chi connectivity index (χ1v) is 10.3. The van der Waals surface area contributed by atoms with Crippen LogP contribution in [0.5, 0.6) is 5.75 Å². The highest BCUT2D eigenvalue weighted by atomic mass is 19.4. The summed E-state index contributed by atoms with van der Waals surface area (Å²) >= 11 is 0. The van der Waals surface area contributed by atoms with Crippen molar-refractivity contribution in [2.24, 2.45) is 0 Å². The number of amides is 1. The lowest BCUT2D eigenvalue weighted by Crippen LogP contribution is -2.31. The highest BCUT2D eigenvalue weighted by molar-refractivity contribution is 6.20. The molecule has 0 bridgehead atoms. The van der Waals surface area contributed by atoms with Crippen LogP contribution in [0.1, 0.15) is 22.3 Å². The Morgan fingerprint density at radius 2 is 1.80 bits per heavy atom. The molecule has 4 aromatic rings. The van der Waals surface area contributed by atoms with E-state index < -0.39 is 35.6 Å². The number of fused-ring (bicyclic) bond motifs is 1. The van der Waals surface area contributed by atoms with Crippen molar-refractivity contribution in [3.63, 3.8) is 0 Å². The Morgan fingerprint density at radius 3 is 2.51 bits per heavy atom. The molecule has 0 radical (unpaired) electrons. The zero-order valence-electron chi connectivity index (χ0n) is 17.7. The number of aromatic nitrogens is 1. The molecule has 2 aromatic heterocycles. The van der Waals surface area contributed by atoms with Crippen molar-refractivity contribution in [1.82, 2.24) is 4.98 Å². The fourth-order valence-corrected chi connectivity index (χ4v) is 3.98. The van der Waals surface area contributed by atoms with E-state index in [2.05, 4.69) is 9.72 Å². The van der Waals surface area contributed by atoms with Crippen molar-refractivity contribution in [2.75, 3.05) is 4.90 Å². The fraction of sp³-hybridized carbons (Fsp3) is 0.0800. The van der Waals surface area contributed by atoms with Crippen LogP contribution < -0.4 is 9.64 Å². The topological polar surface area (TPSA) is 92.9 Å². The number of furan rings is 1. The van der Waals surface area contributed by atoms with Crippen LogP contribution in [0.4, 0.5) is 18.9 Å². The maximum absolute atomic E-state index is 13.5. The third kappa shape index (κ3) is 4.10. The van der Waals surface area contributed by atoms with Crippen LogP contribution in [-0.2, 0) is 4.79 Å². The molecule has 1 amide bonds. The molecule has 10 heteroatoms. The van der Waals surface area contributed by atoms with Gasteiger partial charge in [-0.15, -0.1) is 13.2 Å². The highest BCUT2D eigenvalue weighted by Crippen LogP contribution is 2.42. The average molecular weight is 480 g/mol. The van der Waals surface area contributed by atoms with Gasteiger partial charge in [-0.05, 0) is 36.4 Å². The van der Waals surface area contributed by atoms with Crippen LogP contribution in [0.3, 0.4) is 0 Å². The van der Waals surface area contributed by atoms with Gasteiger partial charge < -0.3 is 14.3 Å². The van der Waals surface area contributed by atoms with Gasteiger partial charge in [0.1, 0.15) is 17.4 Å². The molecule has 7 nitrogen and oxygen atoms in total. The summed E-state index contributed by atoms with van der Waals surface area (Å²) in [7, 11) is 0. The summed E-state index contributed by atoms with van der Waals surface area (Å²) in [6, 6.07) is 16.6. The highest BCUT2D eigenvalue weighted by Gasteiger charge is 2.46. The number of hydrogen-bond acceptors (Lipinski definition) is 6. The van der Waals surface area contributed by atoms with Gasteiger partial charge in [-0.3, -0.25) is 19.5 Å². The third-order valence-electron chi connectivity index (χ3n) is 5.40. The van der Waals surface area contributed by atoms with Crippen LogP contribution in [0.25, 0.3) is 11.0 Å². The summed E-state index contributed by atoms with van der Waals surface area (Å²) in [6.45, 7) is 0. The number of anilines is 1. The monoisotopic (exact) mass is 480 g/mol. The number of benzene rings is 2. The molecular formula is C25H15F3N2O5. The quantitative estimate of drug-likeness (QED) is 0.379. The Morgan fingerprint density at radius 1 is 1.03 bits per heavy atom. The number of carbonyl (C=O) groups is 2. The number of aliphatic hydroxyl groups is 1. The minimum absolute atomic E-state index is 0.0358. The van der Waals surface area contributed by atoms with Gasteiger partial charge in [0.15, 0.2) is 11.5 Å². The van der Waals surface area contributed by atoms with E-state index in [1.165, 1.54) is 30.5 Å². The normalized spacial score (nSPS) is 16.3. The van der Waals surface area contributed by atoms with Crippen molar-refractivity contribution in [3.05, 3.63) is 102 Å². The number of alkyl halides is 3. The van der Waals surface area contributed by atoms with Crippen LogP contribution in [-0.4, -0.2) is 28.1 Å². The Labute approximate surface area is 195 Å². The molecule has 0 aliphatic carbocycles. The summed E-state index contributed by atoms with van der Waals surface area (Å²) in [5.41, 5.74) is 0.302. The molecule has 0 saturated carbocycles. The molecule has 5 rings (SSSR count). The maximum Gasteiger partial charge on any atom is 0.573 e. The summed E-state index contributed by atoms with van der Waals surface area (Å²) in [6.07, 6.45) is -3.52. The number of aliphatic hydroxyl groups excluding tert-OH is 1. The second-order valence-corrected chi connectivity index (χ2v) is 7.62. The summed E-state index contributed by atoms with van der Waals surface area (Å²) in [5, 5.41) is 11.4. The first-order chi connectivity index (χ1) is 16.7. The molecule has 35 heavy (non-hydrogen) atoms. The van der Waals surface area contributed by atoms with Crippen molar-refractivity contribution < 1.29 is 37.0 Å². The van der Waals surface area contributed by atoms with Crippen LogP contribution in [0, 0.1) is 0 Å². The Balaban J connectivity index is 1.62. The fourth-order valence-electron chi connectivity index (χ4n) is 3.98. The molecule has 1 unspecified atom stereocenters. The van der Waals surface area contributed by atoms with E-state index in [1.54, 1.807) is 36.4 Å². The smallest absolute Gasteiger partial charge is 0.503 e. The number of hydrogen-bond donors (Lipinski definition) is 1. The van der Waals surface area contributed by atoms with Crippen molar-refractivity contribution in [1.29, 1.82) is 0 Å². The number of ketones is 1. The zero-order chi connectivity index (χ0) is 24.7. The lowest BCUT2D eigenvalue weighted by atomic mass is 9.98. The molecule has 1 N–H and O–H groups in total. The number of nitrogens with zero attached hydrogens (tertiary/aromatic N) is 2. The SMILES string of the molecule is O=C(C1=C(O)C(=O)N(c2cccc(OC(F)(F)F)c2)C1c1ccccn1)c1cc2ccccc2o1. The molecule has 1 aliphatic rings. The third-order valence-corrected chi connectivity index (χ3v) is 5.40. The predicted molar refractivity (Wildman–Crippen MR) is 118 cm³/mol. The minimum Gasteiger partial charge on any atom is -0.503 e. The van der Waals surface area contributed by atoms with Gasteiger partial charge in [0.2, 0.25) is 5.78 Å². The molecule has 1 aliphatic heterocycles. The largest absolute Gasteiger partial charge is 0.573 e. The molecule has 0 saturated heterocycles. The predicted octanol–water partition coefficient (Wildman–Crippen LogP) is 5.51. The van der Waals surface area contributed by atoms with E-state index in [0.29, 0.717) is 11.0 Å². The maximum atomic E-state index is 13.5. The van der Waals surface area contributed by atoms with Gasteiger partial charge in [0.05, 0.1) is 11.3 Å². The van der Waals surface area contributed by atoms with Crippen LogP contribution in [0.2, 0.25) is 0 Å². The van der Waals surface area contributed by atoms with E-state index in [-0.39, 0.29) is 22.7 Å². The standard InChI is InChI=1S/C25H15F3N2O5/c26-25(27,28)35-16-8-5-7-15(13-16)30-21(17-9-3-4-11-29-17)20(23(32)24(30)33)22(31)19-12-14-6-1-2-10-18(14)34-19/h1-13,21,32H. The first-order valence-electron chi connectivity index (χ1n) is 10.3. The van der Waals surface area contributed by atoms with E-state index >= 15 is 0 Å². The van der Waals surface area contributed by atoms with E-state index in [1.807, 2.05) is 0 Å². The summed E-state index contributed by atoms with van der Waals surface area (Å²) < 4.78 is 47.9. The van der Waals surface area contributed by atoms with Crippen molar-refractivity contribution >= 4 is 28.3 Å². The summed E-state index contributed by atoms with van der Waals surface area (Å²) in [5.74, 6) is -3.28. The van der Waals surface area contributed by atoms with Gasteiger partial charge in [-0.25, -0.2) is 0 Å². The molecule has 2 aromatic carbocycles. The zero-order valence-corrected chi connectivity index (χ0v) is 17.7. The van der Waals surface area contributed by atoms with Gasteiger partial charge in [-0.2, -0.15) is 0 Å². The Kier molecular flexibility index (Phi) is 5.28. The average Bonchev–Trinajstić information content (AvgIpc) is 3.37. The van der Waals surface area contributed by atoms with E-state index in [4.69, 9.17) is 4.42 Å². The molecule has 1 atom stereocenters. The van der Waals surface area contributed by atoms with Gasteiger partial charge in [0.25, 0.3) is 5.91 Å². The molecule has 3 heterocycles. The Hall–Kier alpha value is -4.60. The number of para-hydroxylation sites is 1. The molecular weight excluding hydrogens is 465 g/mol. The van der Waals surface area contributed by atoms with Gasteiger partial charge >= 0.3 is 6.36 Å². The number of Topliss-reactive ketones (excluding diaryl/α,β-unsaturated/α-hetero) is 1. The molecule has 0 spiro atoms. The van der Waals surface area contributed by atoms with Crippen molar-refractivity contribution in [2.45, 2.75) is 12.4 Å². The van der Waals surface area contributed by atoms with Gasteiger partial charge in [0, 0.05) is 23.3 Å². The van der Waals surface area contributed by atoms with E-state index in [9.17, 15) is 27.9 Å². The first kappa shape index (κ1) is 22.2. The molecule has 0 fully saturated rings. The van der Waals surface area contributed by atoms with Crippen LogP contribution >= 0.6 is 0 Å². The molecule has 176 valence electrons. The number of rotatable bonds is 5. The number of ether oxygens (including phenoxy) is 1. The lowest BCUT2D eigenvalue weighted by molar-refractivity contribution is -0.274. The minimum atomic E-state index is -4.95. The Bertz CT molecular complexity index is 1440. The number of carbonyl (C=O) groups excluding carboxylic acids is 2. The van der Waals surface area contributed by atoms with E-state index in [0.717, 1.165) is 17.0 Å².